The van der Waals surface area contributed by atoms with Gasteiger partial charge in [0.1, 0.15) is 11.8 Å². The first-order chi connectivity index (χ1) is 10.7. The lowest BCUT2D eigenvalue weighted by Crippen LogP contribution is -2.04. The maximum absolute atomic E-state index is 9.27. The fourth-order valence-electron chi connectivity index (χ4n) is 2.26. The predicted octanol–water partition coefficient (Wildman–Crippen LogP) is 3.83. The number of benzene rings is 2. The molecule has 3 rings (SSSR count). The van der Waals surface area contributed by atoms with Crippen molar-refractivity contribution in [2.24, 2.45) is 0 Å². The molecule has 3 aromatic rings. The van der Waals surface area contributed by atoms with E-state index in [1.165, 1.54) is 5.56 Å². The van der Waals surface area contributed by atoms with Gasteiger partial charge < -0.3 is 0 Å². The van der Waals surface area contributed by atoms with Gasteiger partial charge >= 0.3 is 0 Å². The van der Waals surface area contributed by atoms with E-state index in [9.17, 15) is 5.26 Å². The second-order valence-electron chi connectivity index (χ2n) is 5.05. The highest BCUT2D eigenvalue weighted by Crippen LogP contribution is 2.23. The van der Waals surface area contributed by atoms with Crippen LogP contribution in [0.5, 0.6) is 0 Å². The molecule has 0 aliphatic heterocycles. The van der Waals surface area contributed by atoms with Gasteiger partial charge in [0, 0.05) is 10.6 Å². The Balaban J connectivity index is 2.02. The Hall–Kier alpha value is -2.64. The number of nitrogens with zero attached hydrogens (tertiary/aromatic N) is 4. The van der Waals surface area contributed by atoms with E-state index >= 15 is 0 Å². The van der Waals surface area contributed by atoms with E-state index < -0.39 is 0 Å². The molecular formula is C17H13ClN4. The minimum Gasteiger partial charge on any atom is -0.239 e. The van der Waals surface area contributed by atoms with Crippen LogP contribution in [0.25, 0.3) is 11.3 Å². The smallest absolute Gasteiger partial charge is 0.190 e. The van der Waals surface area contributed by atoms with Crippen LogP contribution in [0.4, 0.5) is 0 Å². The number of aromatic nitrogens is 3. The molecule has 0 unspecified atom stereocenters. The standard InChI is InChI=1S/C17H13ClN4/c1-12-2-6-14(7-3-12)17-16(10-19)20-21-22(17)11-13-4-8-15(18)9-5-13/h2-9H,11H2,1H3. The van der Waals surface area contributed by atoms with Crippen LogP contribution in [0.1, 0.15) is 16.8 Å². The van der Waals surface area contributed by atoms with Gasteiger partial charge in [0.15, 0.2) is 5.69 Å². The van der Waals surface area contributed by atoms with Crippen LogP contribution in [0.2, 0.25) is 5.02 Å². The van der Waals surface area contributed by atoms with Gasteiger partial charge in [-0.2, -0.15) is 5.26 Å². The van der Waals surface area contributed by atoms with Gasteiger partial charge in [-0.15, -0.1) is 5.10 Å². The second kappa shape index (κ2) is 6.00. The molecule has 108 valence electrons. The zero-order chi connectivity index (χ0) is 15.5. The largest absolute Gasteiger partial charge is 0.239 e. The van der Waals surface area contributed by atoms with E-state index in [4.69, 9.17) is 11.6 Å². The summed E-state index contributed by atoms with van der Waals surface area (Å²) in [5.74, 6) is 0. The Kier molecular flexibility index (Phi) is 3.90. The molecule has 0 amide bonds. The zero-order valence-corrected chi connectivity index (χ0v) is 12.7. The van der Waals surface area contributed by atoms with Crippen LogP contribution < -0.4 is 0 Å². The molecule has 4 nitrogen and oxygen atoms in total. The average Bonchev–Trinajstić information content (AvgIpc) is 2.93. The Morgan fingerprint density at radius 1 is 1.09 bits per heavy atom. The van der Waals surface area contributed by atoms with Crippen molar-refractivity contribution in [2.75, 3.05) is 0 Å². The molecule has 5 heteroatoms. The van der Waals surface area contributed by atoms with Gasteiger partial charge in [-0.3, -0.25) is 0 Å². The normalized spacial score (nSPS) is 10.4. The molecule has 0 saturated carbocycles. The van der Waals surface area contributed by atoms with E-state index in [1.54, 1.807) is 4.68 Å². The maximum Gasteiger partial charge on any atom is 0.190 e. The van der Waals surface area contributed by atoms with E-state index in [-0.39, 0.29) is 0 Å². The first-order valence-corrected chi connectivity index (χ1v) is 7.20. The molecule has 22 heavy (non-hydrogen) atoms. The molecule has 0 aliphatic rings. The quantitative estimate of drug-likeness (QED) is 0.739. The summed E-state index contributed by atoms with van der Waals surface area (Å²) in [6.45, 7) is 2.56. The summed E-state index contributed by atoms with van der Waals surface area (Å²) < 4.78 is 1.74. The van der Waals surface area contributed by atoms with Crippen LogP contribution in [-0.4, -0.2) is 15.0 Å². The Labute approximate surface area is 133 Å². The highest BCUT2D eigenvalue weighted by Gasteiger charge is 2.14. The highest BCUT2D eigenvalue weighted by molar-refractivity contribution is 6.30. The predicted molar refractivity (Wildman–Crippen MR) is 85.5 cm³/mol. The van der Waals surface area contributed by atoms with Crippen molar-refractivity contribution < 1.29 is 0 Å². The monoisotopic (exact) mass is 308 g/mol. The third-order valence-electron chi connectivity index (χ3n) is 3.41. The van der Waals surface area contributed by atoms with Crippen molar-refractivity contribution in [3.63, 3.8) is 0 Å². The Morgan fingerprint density at radius 2 is 1.77 bits per heavy atom. The first kappa shape index (κ1) is 14.3. The zero-order valence-electron chi connectivity index (χ0n) is 12.0. The fraction of sp³-hybridized carbons (Fsp3) is 0.118. The van der Waals surface area contributed by atoms with E-state index in [0.29, 0.717) is 17.3 Å². The lowest BCUT2D eigenvalue weighted by Gasteiger charge is -2.07. The summed E-state index contributed by atoms with van der Waals surface area (Å²) in [5.41, 5.74) is 4.21. The van der Waals surface area contributed by atoms with Crippen molar-refractivity contribution in [1.82, 2.24) is 15.0 Å². The number of aryl methyl sites for hydroxylation is 1. The van der Waals surface area contributed by atoms with Crippen molar-refractivity contribution in [2.45, 2.75) is 13.5 Å². The van der Waals surface area contributed by atoms with Crippen LogP contribution in [-0.2, 0) is 6.54 Å². The molecule has 1 aromatic heterocycles. The van der Waals surface area contributed by atoms with Gasteiger partial charge in [0.05, 0.1) is 6.54 Å². The summed E-state index contributed by atoms with van der Waals surface area (Å²) in [7, 11) is 0. The first-order valence-electron chi connectivity index (χ1n) is 6.82. The topological polar surface area (TPSA) is 54.5 Å². The van der Waals surface area contributed by atoms with E-state index in [1.807, 2.05) is 55.5 Å². The minimum atomic E-state index is 0.331. The molecule has 0 saturated heterocycles. The van der Waals surface area contributed by atoms with E-state index in [2.05, 4.69) is 16.4 Å². The van der Waals surface area contributed by atoms with Crippen molar-refractivity contribution in [1.29, 1.82) is 5.26 Å². The third-order valence-corrected chi connectivity index (χ3v) is 3.66. The molecular weight excluding hydrogens is 296 g/mol. The van der Waals surface area contributed by atoms with Gasteiger partial charge in [0.2, 0.25) is 0 Å². The molecule has 0 bridgehead atoms. The van der Waals surface area contributed by atoms with Crippen LogP contribution >= 0.6 is 11.6 Å². The summed E-state index contributed by atoms with van der Waals surface area (Å²) in [4.78, 5) is 0. The van der Waals surface area contributed by atoms with Crippen LogP contribution in [0.15, 0.2) is 48.5 Å². The molecule has 0 fully saturated rings. The number of hydrogen-bond donors (Lipinski definition) is 0. The summed E-state index contributed by atoms with van der Waals surface area (Å²) in [5, 5.41) is 18.0. The fourth-order valence-corrected chi connectivity index (χ4v) is 2.38. The van der Waals surface area contributed by atoms with Gasteiger partial charge in [-0.1, -0.05) is 58.8 Å². The van der Waals surface area contributed by atoms with E-state index in [0.717, 1.165) is 16.8 Å². The van der Waals surface area contributed by atoms with Crippen LogP contribution in [0.3, 0.4) is 0 Å². The molecule has 0 N–H and O–H groups in total. The van der Waals surface area contributed by atoms with Crippen molar-refractivity contribution in [3.05, 3.63) is 70.4 Å². The highest BCUT2D eigenvalue weighted by atomic mass is 35.5. The number of halogens is 1. The van der Waals surface area contributed by atoms with Crippen molar-refractivity contribution in [3.8, 4) is 17.3 Å². The summed E-state index contributed by atoms with van der Waals surface area (Å²) in [6.07, 6.45) is 0. The Bertz CT molecular complexity index is 827. The molecule has 0 spiro atoms. The minimum absolute atomic E-state index is 0.331. The average molecular weight is 309 g/mol. The van der Waals surface area contributed by atoms with Crippen LogP contribution in [0, 0.1) is 18.3 Å². The number of hydrogen-bond acceptors (Lipinski definition) is 3. The second-order valence-corrected chi connectivity index (χ2v) is 5.49. The number of nitriles is 1. The summed E-state index contributed by atoms with van der Waals surface area (Å²) >= 11 is 5.91. The maximum atomic E-state index is 9.27. The van der Waals surface area contributed by atoms with Gasteiger partial charge in [-0.25, -0.2) is 4.68 Å². The molecule has 0 radical (unpaired) electrons. The van der Waals surface area contributed by atoms with Gasteiger partial charge in [0.25, 0.3) is 0 Å². The number of rotatable bonds is 3. The molecule has 2 aromatic carbocycles. The third kappa shape index (κ3) is 2.85. The van der Waals surface area contributed by atoms with Gasteiger partial charge in [-0.05, 0) is 24.6 Å². The summed E-state index contributed by atoms with van der Waals surface area (Å²) in [6, 6.07) is 17.6. The molecule has 0 atom stereocenters. The Morgan fingerprint density at radius 3 is 2.41 bits per heavy atom. The SMILES string of the molecule is Cc1ccc(-c2c(C#N)nnn2Cc2ccc(Cl)cc2)cc1. The lowest BCUT2D eigenvalue weighted by atomic mass is 10.1. The lowest BCUT2D eigenvalue weighted by molar-refractivity contribution is 0.655. The molecule has 1 heterocycles. The molecule has 0 aliphatic carbocycles. The van der Waals surface area contributed by atoms with Crippen molar-refractivity contribution >= 4 is 11.6 Å².